The number of likely N-dealkylation sites (N-methyl/N-ethyl adjacent to an activating group) is 1. The maximum atomic E-state index is 12.6. The molecule has 4 aliphatic carbocycles. The van der Waals surface area contributed by atoms with Crippen molar-refractivity contribution in [2.75, 3.05) is 7.05 Å². The van der Waals surface area contributed by atoms with Gasteiger partial charge in [-0.2, -0.15) is 0 Å². The van der Waals surface area contributed by atoms with Crippen LogP contribution >= 0.6 is 0 Å². The molecule has 4 saturated carbocycles. The Bertz CT molecular complexity index is 667. The van der Waals surface area contributed by atoms with E-state index in [1.807, 2.05) is 32.2 Å². The molecule has 1 unspecified atom stereocenters. The average Bonchev–Trinajstić information content (AvgIpc) is 2.60. The van der Waals surface area contributed by atoms with Gasteiger partial charge < -0.3 is 10.2 Å². The molecule has 0 spiro atoms. The fourth-order valence-corrected chi connectivity index (χ4v) is 6.05. The molecule has 0 aliphatic heterocycles. The minimum Gasteiger partial charge on any atom is -0.332 e. The minimum atomic E-state index is -0.304. The number of carbonyl (C=O) groups is 2. The van der Waals surface area contributed by atoms with Crippen molar-refractivity contribution in [1.29, 1.82) is 0 Å². The summed E-state index contributed by atoms with van der Waals surface area (Å²) in [5, 5.41) is 5.83. The number of benzene rings is 1. The predicted octanol–water partition coefficient (Wildman–Crippen LogP) is 1.88. The van der Waals surface area contributed by atoms with Crippen molar-refractivity contribution in [2.45, 2.75) is 63.6 Å². The molecular weight excluding hydrogens is 338 g/mol. The van der Waals surface area contributed by atoms with Crippen LogP contribution in [0.2, 0.25) is 0 Å². The molecule has 1 aromatic rings. The zero-order valence-corrected chi connectivity index (χ0v) is 16.5. The Labute approximate surface area is 161 Å². The van der Waals surface area contributed by atoms with Crippen LogP contribution in [-0.2, 0) is 11.3 Å². The molecule has 4 aliphatic rings. The van der Waals surface area contributed by atoms with E-state index in [0.29, 0.717) is 0 Å². The second-order valence-electron chi connectivity index (χ2n) is 9.37. The van der Waals surface area contributed by atoms with Gasteiger partial charge in [0, 0.05) is 11.1 Å². The van der Waals surface area contributed by atoms with Crippen LogP contribution in [0.25, 0.3) is 0 Å². The first-order valence-corrected chi connectivity index (χ1v) is 10.4. The van der Waals surface area contributed by atoms with E-state index in [0.717, 1.165) is 48.5 Å². The standard InChI is InChI=1S/C22H31N3O2/c1-15(25(2)14-16-6-4-3-5-7-16)20(26)23-21(27)24-22-11-17-8-18(12-22)10-19(9-17)13-22/h3-7,15,17-19H,8-14H2,1-2H3,(H2,23,24,26,27)/p+1/t15-,17?,18?,19?,22?/m1/s1. The smallest absolute Gasteiger partial charge is 0.322 e. The van der Waals surface area contributed by atoms with E-state index in [-0.39, 0.29) is 23.5 Å². The van der Waals surface area contributed by atoms with Gasteiger partial charge in [0.15, 0.2) is 6.04 Å². The molecule has 0 heterocycles. The van der Waals surface area contributed by atoms with Crippen LogP contribution < -0.4 is 15.5 Å². The SMILES string of the molecule is C[C@H](C(=O)NC(=O)NC12CC3CC(CC(C3)C1)C2)[NH+](C)Cc1ccccc1. The summed E-state index contributed by atoms with van der Waals surface area (Å²) in [6.45, 7) is 2.64. The Hall–Kier alpha value is -1.88. The van der Waals surface area contributed by atoms with E-state index in [1.165, 1.54) is 24.8 Å². The van der Waals surface area contributed by atoms with Crippen LogP contribution in [0.15, 0.2) is 30.3 Å². The van der Waals surface area contributed by atoms with Gasteiger partial charge in [-0.3, -0.25) is 10.1 Å². The van der Waals surface area contributed by atoms with Crippen LogP contribution in [0.4, 0.5) is 4.79 Å². The summed E-state index contributed by atoms with van der Waals surface area (Å²) in [5.74, 6) is 2.11. The number of hydrogen-bond acceptors (Lipinski definition) is 2. The van der Waals surface area contributed by atoms with Crippen molar-refractivity contribution in [3.05, 3.63) is 35.9 Å². The number of nitrogens with one attached hydrogen (secondary N) is 3. The first kappa shape index (κ1) is 18.5. The van der Waals surface area contributed by atoms with Gasteiger partial charge in [-0.05, 0) is 63.2 Å². The van der Waals surface area contributed by atoms with Crippen LogP contribution in [0.5, 0.6) is 0 Å². The molecule has 2 atom stereocenters. The van der Waals surface area contributed by atoms with Crippen molar-refractivity contribution < 1.29 is 14.5 Å². The molecule has 1 aromatic carbocycles. The summed E-state index contributed by atoms with van der Waals surface area (Å²) in [7, 11) is 1.99. The summed E-state index contributed by atoms with van der Waals surface area (Å²) in [4.78, 5) is 26.2. The molecule has 27 heavy (non-hydrogen) atoms. The van der Waals surface area contributed by atoms with E-state index in [1.54, 1.807) is 0 Å². The first-order valence-electron chi connectivity index (χ1n) is 10.4. The molecule has 5 nitrogen and oxygen atoms in total. The minimum absolute atomic E-state index is 0.0643. The molecule has 0 aromatic heterocycles. The summed E-state index contributed by atoms with van der Waals surface area (Å²) < 4.78 is 0. The van der Waals surface area contributed by atoms with Crippen LogP contribution in [-0.4, -0.2) is 30.6 Å². The average molecular weight is 371 g/mol. The number of hydrogen-bond donors (Lipinski definition) is 3. The Morgan fingerprint density at radius 3 is 2.19 bits per heavy atom. The lowest BCUT2D eigenvalue weighted by atomic mass is 9.53. The summed E-state index contributed by atoms with van der Waals surface area (Å²) >= 11 is 0. The zero-order chi connectivity index (χ0) is 19.0. The predicted molar refractivity (Wildman–Crippen MR) is 104 cm³/mol. The third-order valence-corrected chi connectivity index (χ3v) is 7.11. The van der Waals surface area contributed by atoms with Gasteiger partial charge >= 0.3 is 6.03 Å². The molecule has 5 heteroatoms. The lowest BCUT2D eigenvalue weighted by Gasteiger charge is -2.56. The van der Waals surface area contributed by atoms with E-state index in [9.17, 15) is 9.59 Å². The van der Waals surface area contributed by atoms with Gasteiger partial charge in [-0.25, -0.2) is 4.79 Å². The number of amides is 3. The van der Waals surface area contributed by atoms with E-state index >= 15 is 0 Å². The van der Waals surface area contributed by atoms with Crippen molar-refractivity contribution >= 4 is 11.9 Å². The van der Waals surface area contributed by atoms with Gasteiger partial charge in [-0.15, -0.1) is 0 Å². The molecule has 3 N–H and O–H groups in total. The van der Waals surface area contributed by atoms with Crippen LogP contribution in [0.3, 0.4) is 0 Å². The second kappa shape index (κ2) is 7.27. The van der Waals surface area contributed by atoms with Crippen molar-refractivity contribution in [1.82, 2.24) is 10.6 Å². The highest BCUT2D eigenvalue weighted by molar-refractivity contribution is 5.96. The number of rotatable bonds is 5. The normalized spacial score (nSPS) is 33.3. The lowest BCUT2D eigenvalue weighted by Crippen LogP contribution is -3.12. The molecule has 4 fully saturated rings. The van der Waals surface area contributed by atoms with E-state index < -0.39 is 0 Å². The highest BCUT2D eigenvalue weighted by Crippen LogP contribution is 2.55. The molecule has 0 radical (unpaired) electrons. The summed E-state index contributed by atoms with van der Waals surface area (Å²) in [5.41, 5.74) is 1.12. The third kappa shape index (κ3) is 4.03. The van der Waals surface area contributed by atoms with E-state index in [2.05, 4.69) is 22.8 Å². The van der Waals surface area contributed by atoms with Crippen molar-refractivity contribution in [3.8, 4) is 0 Å². The Morgan fingerprint density at radius 1 is 1.07 bits per heavy atom. The van der Waals surface area contributed by atoms with Crippen LogP contribution in [0.1, 0.15) is 51.0 Å². The maximum absolute atomic E-state index is 12.6. The molecule has 0 saturated heterocycles. The molecule has 4 bridgehead atoms. The fraction of sp³-hybridized carbons (Fsp3) is 0.636. The fourth-order valence-electron chi connectivity index (χ4n) is 6.05. The van der Waals surface area contributed by atoms with Crippen molar-refractivity contribution in [3.63, 3.8) is 0 Å². The van der Waals surface area contributed by atoms with Gasteiger partial charge in [-0.1, -0.05) is 30.3 Å². The Balaban J connectivity index is 1.30. The first-order chi connectivity index (χ1) is 12.9. The number of carbonyl (C=O) groups excluding carboxylic acids is 2. The van der Waals surface area contributed by atoms with Gasteiger partial charge in [0.2, 0.25) is 0 Å². The van der Waals surface area contributed by atoms with Gasteiger partial charge in [0.05, 0.1) is 7.05 Å². The number of urea groups is 1. The van der Waals surface area contributed by atoms with Crippen LogP contribution in [0, 0.1) is 17.8 Å². The van der Waals surface area contributed by atoms with Gasteiger partial charge in [0.1, 0.15) is 6.54 Å². The zero-order valence-electron chi connectivity index (χ0n) is 16.5. The topological polar surface area (TPSA) is 62.6 Å². The second-order valence-corrected chi connectivity index (χ2v) is 9.37. The number of quaternary nitrogens is 1. The Kier molecular flexibility index (Phi) is 4.97. The molecule has 3 amide bonds. The Morgan fingerprint density at radius 2 is 1.63 bits per heavy atom. The van der Waals surface area contributed by atoms with Crippen molar-refractivity contribution in [2.24, 2.45) is 17.8 Å². The number of imide groups is 1. The molecular formula is C22H32N3O2+. The third-order valence-electron chi connectivity index (χ3n) is 7.11. The quantitative estimate of drug-likeness (QED) is 0.741. The van der Waals surface area contributed by atoms with Gasteiger partial charge in [0.25, 0.3) is 5.91 Å². The largest absolute Gasteiger partial charge is 0.332 e. The highest BCUT2D eigenvalue weighted by atomic mass is 16.2. The highest BCUT2D eigenvalue weighted by Gasteiger charge is 2.51. The maximum Gasteiger partial charge on any atom is 0.322 e. The summed E-state index contributed by atoms with van der Waals surface area (Å²) in [6.07, 6.45) is 7.30. The molecule has 146 valence electrons. The molecule has 5 rings (SSSR count). The lowest BCUT2D eigenvalue weighted by molar-refractivity contribution is -0.908. The summed E-state index contributed by atoms with van der Waals surface area (Å²) in [6, 6.07) is 9.54. The monoisotopic (exact) mass is 370 g/mol. The van der Waals surface area contributed by atoms with E-state index in [4.69, 9.17) is 0 Å².